The Bertz CT molecular complexity index is 402. The first-order valence-corrected chi connectivity index (χ1v) is 7.03. The lowest BCUT2D eigenvalue weighted by molar-refractivity contribution is 0.242. The molecule has 0 bridgehead atoms. The van der Waals surface area contributed by atoms with E-state index in [2.05, 4.69) is 34.0 Å². The average Bonchev–Trinajstić information content (AvgIpc) is 2.45. The molecule has 1 saturated heterocycles. The van der Waals surface area contributed by atoms with Crippen molar-refractivity contribution in [3.8, 4) is 5.88 Å². The van der Waals surface area contributed by atoms with Gasteiger partial charge in [0.1, 0.15) is 5.82 Å². The molecule has 2 heterocycles. The number of methoxy groups -OCH3 is 1. The van der Waals surface area contributed by atoms with Crippen LogP contribution in [0.25, 0.3) is 0 Å². The molecular formula is C14H24N4O. The van der Waals surface area contributed by atoms with Gasteiger partial charge in [0.15, 0.2) is 0 Å². The lowest BCUT2D eigenvalue weighted by Crippen LogP contribution is -2.44. The molecule has 1 aliphatic heterocycles. The molecule has 106 valence electrons. The molecule has 0 saturated carbocycles. The zero-order valence-corrected chi connectivity index (χ0v) is 12.1. The Morgan fingerprint density at radius 2 is 2.11 bits per heavy atom. The molecule has 1 fully saturated rings. The summed E-state index contributed by atoms with van der Waals surface area (Å²) in [5.41, 5.74) is 1.10. The highest BCUT2D eigenvalue weighted by Crippen LogP contribution is 2.18. The van der Waals surface area contributed by atoms with Crippen molar-refractivity contribution < 1.29 is 4.74 Å². The summed E-state index contributed by atoms with van der Waals surface area (Å²) in [5, 5.41) is 3.36. The molecule has 1 aromatic rings. The third kappa shape index (κ3) is 3.88. The van der Waals surface area contributed by atoms with Crippen molar-refractivity contribution in [1.82, 2.24) is 20.2 Å². The summed E-state index contributed by atoms with van der Waals surface area (Å²) in [4.78, 5) is 11.4. The van der Waals surface area contributed by atoms with Gasteiger partial charge in [-0.25, -0.2) is 4.98 Å². The first-order valence-electron chi connectivity index (χ1n) is 7.03. The van der Waals surface area contributed by atoms with Crippen molar-refractivity contribution >= 4 is 0 Å². The quantitative estimate of drug-likeness (QED) is 0.861. The smallest absolute Gasteiger partial charge is 0.219 e. The minimum absolute atomic E-state index is 0.330. The second-order valence-corrected chi connectivity index (χ2v) is 5.26. The normalized spacial score (nSPS) is 16.8. The van der Waals surface area contributed by atoms with Gasteiger partial charge in [-0.15, -0.1) is 0 Å². The molecule has 0 aromatic carbocycles. The monoisotopic (exact) mass is 264 g/mol. The Morgan fingerprint density at radius 1 is 1.37 bits per heavy atom. The van der Waals surface area contributed by atoms with E-state index < -0.39 is 0 Å². The van der Waals surface area contributed by atoms with Crippen LogP contribution in [0.2, 0.25) is 0 Å². The van der Waals surface area contributed by atoms with Gasteiger partial charge in [0.25, 0.3) is 0 Å². The Balaban J connectivity index is 1.98. The number of hydrogen-bond donors (Lipinski definition) is 1. The van der Waals surface area contributed by atoms with Crippen LogP contribution in [0.5, 0.6) is 5.88 Å². The number of ether oxygens (including phenoxy) is 1. The minimum Gasteiger partial charge on any atom is -0.481 e. The number of nitrogens with one attached hydrogen (secondary N) is 1. The van der Waals surface area contributed by atoms with Crippen LogP contribution in [0.15, 0.2) is 6.20 Å². The maximum absolute atomic E-state index is 5.39. The molecular weight excluding hydrogens is 240 g/mol. The van der Waals surface area contributed by atoms with Crippen molar-refractivity contribution in [3.05, 3.63) is 17.6 Å². The highest BCUT2D eigenvalue weighted by atomic mass is 16.5. The van der Waals surface area contributed by atoms with E-state index in [1.54, 1.807) is 7.11 Å². The van der Waals surface area contributed by atoms with Gasteiger partial charge in [-0.3, -0.25) is 0 Å². The molecule has 0 unspecified atom stereocenters. The minimum atomic E-state index is 0.330. The summed E-state index contributed by atoms with van der Waals surface area (Å²) < 4.78 is 5.39. The second-order valence-electron chi connectivity index (χ2n) is 5.26. The predicted molar refractivity (Wildman–Crippen MR) is 75.7 cm³/mol. The molecule has 1 aliphatic rings. The highest BCUT2D eigenvalue weighted by Gasteiger charge is 2.13. The zero-order valence-electron chi connectivity index (χ0n) is 12.1. The van der Waals surface area contributed by atoms with Gasteiger partial charge in [0.2, 0.25) is 5.88 Å². The van der Waals surface area contributed by atoms with Crippen LogP contribution in [-0.4, -0.2) is 54.7 Å². The van der Waals surface area contributed by atoms with Crippen LogP contribution in [0.1, 0.15) is 31.2 Å². The number of hydrogen-bond acceptors (Lipinski definition) is 5. The fourth-order valence-corrected chi connectivity index (χ4v) is 2.24. The third-order valence-electron chi connectivity index (χ3n) is 3.46. The Kier molecular flexibility index (Phi) is 5.10. The number of aromatic nitrogens is 2. The Hall–Kier alpha value is -1.20. The second kappa shape index (κ2) is 6.82. The summed E-state index contributed by atoms with van der Waals surface area (Å²) in [6.07, 6.45) is 2.87. The van der Waals surface area contributed by atoms with Crippen LogP contribution in [0.4, 0.5) is 0 Å². The van der Waals surface area contributed by atoms with E-state index in [0.29, 0.717) is 5.92 Å². The van der Waals surface area contributed by atoms with E-state index in [0.717, 1.165) is 56.4 Å². The summed E-state index contributed by atoms with van der Waals surface area (Å²) in [6, 6.07) is 0. The number of rotatable bonds is 5. The van der Waals surface area contributed by atoms with Crippen molar-refractivity contribution in [3.63, 3.8) is 0 Å². The predicted octanol–water partition coefficient (Wildman–Crippen LogP) is 1.06. The van der Waals surface area contributed by atoms with E-state index in [1.807, 2.05) is 6.20 Å². The van der Waals surface area contributed by atoms with Crippen LogP contribution >= 0.6 is 0 Å². The van der Waals surface area contributed by atoms with Crippen LogP contribution < -0.4 is 10.1 Å². The van der Waals surface area contributed by atoms with Crippen LogP contribution in [0.3, 0.4) is 0 Å². The molecule has 19 heavy (non-hydrogen) atoms. The molecule has 0 radical (unpaired) electrons. The van der Waals surface area contributed by atoms with Crippen LogP contribution in [-0.2, 0) is 6.42 Å². The fourth-order valence-electron chi connectivity index (χ4n) is 2.24. The SMILES string of the molecule is COc1nc(C(C)C)ncc1CCN1CCNCC1. The topological polar surface area (TPSA) is 50.3 Å². The fraction of sp³-hybridized carbons (Fsp3) is 0.714. The molecule has 0 atom stereocenters. The van der Waals surface area contributed by atoms with Crippen molar-refractivity contribution in [2.75, 3.05) is 39.8 Å². The molecule has 0 amide bonds. The van der Waals surface area contributed by atoms with Crippen molar-refractivity contribution in [2.24, 2.45) is 0 Å². The largest absolute Gasteiger partial charge is 0.481 e. The third-order valence-corrected chi connectivity index (χ3v) is 3.46. The average molecular weight is 264 g/mol. The van der Waals surface area contributed by atoms with E-state index >= 15 is 0 Å². The highest BCUT2D eigenvalue weighted by molar-refractivity contribution is 5.24. The maximum atomic E-state index is 5.39. The molecule has 1 N–H and O–H groups in total. The van der Waals surface area contributed by atoms with Gasteiger partial charge in [-0.05, 0) is 6.42 Å². The standard InChI is InChI=1S/C14H24N4O/c1-11(2)13-16-10-12(14(17-13)19-3)4-7-18-8-5-15-6-9-18/h10-11,15H,4-9H2,1-3H3. The summed E-state index contributed by atoms with van der Waals surface area (Å²) >= 11 is 0. The van der Waals surface area contributed by atoms with Gasteiger partial charge in [-0.2, -0.15) is 4.98 Å². The first-order chi connectivity index (χ1) is 9.20. The summed E-state index contributed by atoms with van der Waals surface area (Å²) in [6.45, 7) is 9.63. The lowest BCUT2D eigenvalue weighted by Gasteiger charge is -2.27. The molecule has 1 aromatic heterocycles. The Labute approximate surface area is 115 Å². The van der Waals surface area contributed by atoms with Gasteiger partial charge in [0, 0.05) is 50.4 Å². The summed E-state index contributed by atoms with van der Waals surface area (Å²) in [7, 11) is 1.68. The van der Waals surface area contributed by atoms with Crippen LogP contribution in [0, 0.1) is 0 Å². The molecule has 0 aliphatic carbocycles. The van der Waals surface area contributed by atoms with E-state index in [-0.39, 0.29) is 0 Å². The van der Waals surface area contributed by atoms with Gasteiger partial charge < -0.3 is 15.0 Å². The van der Waals surface area contributed by atoms with E-state index in [9.17, 15) is 0 Å². The number of nitrogens with zero attached hydrogens (tertiary/aromatic N) is 3. The van der Waals surface area contributed by atoms with Crippen molar-refractivity contribution in [2.45, 2.75) is 26.2 Å². The maximum Gasteiger partial charge on any atom is 0.219 e. The molecule has 2 rings (SSSR count). The number of piperazine rings is 1. The first kappa shape index (κ1) is 14.2. The molecule has 5 heteroatoms. The molecule has 0 spiro atoms. The van der Waals surface area contributed by atoms with Crippen molar-refractivity contribution in [1.29, 1.82) is 0 Å². The van der Waals surface area contributed by atoms with E-state index in [4.69, 9.17) is 4.74 Å². The Morgan fingerprint density at radius 3 is 2.74 bits per heavy atom. The van der Waals surface area contributed by atoms with Gasteiger partial charge in [-0.1, -0.05) is 13.8 Å². The lowest BCUT2D eigenvalue weighted by atomic mass is 10.1. The van der Waals surface area contributed by atoms with Gasteiger partial charge in [0.05, 0.1) is 7.11 Å². The molecule has 5 nitrogen and oxygen atoms in total. The summed E-state index contributed by atoms with van der Waals surface area (Å²) in [5.74, 6) is 1.91. The zero-order chi connectivity index (χ0) is 13.7. The van der Waals surface area contributed by atoms with Gasteiger partial charge >= 0.3 is 0 Å². The van der Waals surface area contributed by atoms with E-state index in [1.165, 1.54) is 0 Å².